The van der Waals surface area contributed by atoms with E-state index in [-0.39, 0.29) is 11.7 Å². The van der Waals surface area contributed by atoms with Crippen molar-refractivity contribution >= 4 is 5.91 Å². The van der Waals surface area contributed by atoms with E-state index in [0.717, 1.165) is 6.42 Å². The first kappa shape index (κ1) is 15.0. The largest absolute Gasteiger partial charge is 0.454 e. The topological polar surface area (TPSA) is 29.5 Å². The Morgan fingerprint density at radius 3 is 2.33 bits per heavy atom. The molecule has 0 aliphatic rings. The molecule has 0 atom stereocenters. The van der Waals surface area contributed by atoms with Gasteiger partial charge >= 0.3 is 0 Å². The number of carbonyl (C=O) groups excluding carboxylic acids is 1. The van der Waals surface area contributed by atoms with Crippen molar-refractivity contribution in [3.63, 3.8) is 0 Å². The van der Waals surface area contributed by atoms with Gasteiger partial charge in [-0.25, -0.2) is 4.39 Å². The molecule has 4 heteroatoms. The zero-order valence-corrected chi connectivity index (χ0v) is 12.4. The number of carbonyl (C=O) groups is 1. The molecule has 1 amide bonds. The molecule has 0 aliphatic carbocycles. The van der Waals surface area contributed by atoms with Crippen molar-refractivity contribution in [3.8, 4) is 11.5 Å². The second-order valence-electron chi connectivity index (χ2n) is 4.94. The van der Waals surface area contributed by atoms with Gasteiger partial charge in [0.25, 0.3) is 5.91 Å². The SMILES string of the molecule is CCc1ccc(Oc2ccc(C(=O)N(C)C)cc2F)cc1. The van der Waals surface area contributed by atoms with Crippen molar-refractivity contribution in [2.24, 2.45) is 0 Å². The van der Waals surface area contributed by atoms with Crippen LogP contribution < -0.4 is 4.74 Å². The van der Waals surface area contributed by atoms with E-state index < -0.39 is 5.82 Å². The maximum atomic E-state index is 14.0. The predicted octanol–water partition coefficient (Wildman–Crippen LogP) is 3.88. The third kappa shape index (κ3) is 3.60. The third-order valence-electron chi connectivity index (χ3n) is 3.14. The molecule has 0 aliphatic heterocycles. The first-order valence-corrected chi connectivity index (χ1v) is 6.79. The lowest BCUT2D eigenvalue weighted by Gasteiger charge is -2.12. The van der Waals surface area contributed by atoms with E-state index in [1.54, 1.807) is 32.3 Å². The Balaban J connectivity index is 2.19. The number of hydrogen-bond acceptors (Lipinski definition) is 2. The summed E-state index contributed by atoms with van der Waals surface area (Å²) in [6.07, 6.45) is 0.940. The van der Waals surface area contributed by atoms with Gasteiger partial charge in [0.05, 0.1) is 0 Å². The fourth-order valence-corrected chi connectivity index (χ4v) is 1.90. The fraction of sp³-hybridized carbons (Fsp3) is 0.235. The Hall–Kier alpha value is -2.36. The summed E-state index contributed by atoms with van der Waals surface area (Å²) >= 11 is 0. The maximum Gasteiger partial charge on any atom is 0.253 e. The number of ether oxygens (including phenoxy) is 1. The molecule has 110 valence electrons. The number of benzene rings is 2. The summed E-state index contributed by atoms with van der Waals surface area (Å²) in [6.45, 7) is 2.07. The van der Waals surface area contributed by atoms with E-state index in [4.69, 9.17) is 4.74 Å². The minimum atomic E-state index is -0.553. The first-order valence-electron chi connectivity index (χ1n) is 6.79. The van der Waals surface area contributed by atoms with Gasteiger partial charge in [-0.05, 0) is 42.3 Å². The number of aryl methyl sites for hydroxylation is 1. The second-order valence-corrected chi connectivity index (χ2v) is 4.94. The van der Waals surface area contributed by atoms with Crippen LogP contribution >= 0.6 is 0 Å². The van der Waals surface area contributed by atoms with Gasteiger partial charge in [-0.1, -0.05) is 19.1 Å². The van der Waals surface area contributed by atoms with Crippen molar-refractivity contribution in [1.29, 1.82) is 0 Å². The van der Waals surface area contributed by atoms with Crippen LogP contribution in [0.3, 0.4) is 0 Å². The lowest BCUT2D eigenvalue weighted by molar-refractivity contribution is 0.0827. The van der Waals surface area contributed by atoms with Gasteiger partial charge in [-0.3, -0.25) is 4.79 Å². The average molecular weight is 287 g/mol. The van der Waals surface area contributed by atoms with E-state index in [0.29, 0.717) is 11.3 Å². The summed E-state index contributed by atoms with van der Waals surface area (Å²) in [5.74, 6) is -0.123. The van der Waals surface area contributed by atoms with Crippen LogP contribution in [-0.2, 0) is 6.42 Å². The zero-order valence-electron chi connectivity index (χ0n) is 12.4. The molecule has 0 bridgehead atoms. The van der Waals surface area contributed by atoms with E-state index in [1.807, 2.05) is 12.1 Å². The van der Waals surface area contributed by atoms with E-state index in [9.17, 15) is 9.18 Å². The van der Waals surface area contributed by atoms with E-state index in [1.165, 1.54) is 22.6 Å². The van der Waals surface area contributed by atoms with Crippen LogP contribution in [0.1, 0.15) is 22.8 Å². The highest BCUT2D eigenvalue weighted by molar-refractivity contribution is 5.94. The number of nitrogens with zero attached hydrogens (tertiary/aromatic N) is 1. The number of halogens is 1. The van der Waals surface area contributed by atoms with Gasteiger partial charge < -0.3 is 9.64 Å². The molecule has 3 nitrogen and oxygen atoms in total. The van der Waals surface area contributed by atoms with Crippen molar-refractivity contribution in [1.82, 2.24) is 4.90 Å². The van der Waals surface area contributed by atoms with Crippen molar-refractivity contribution in [2.45, 2.75) is 13.3 Å². The molecule has 0 radical (unpaired) electrons. The second kappa shape index (κ2) is 6.39. The van der Waals surface area contributed by atoms with Crippen molar-refractivity contribution in [3.05, 3.63) is 59.4 Å². The highest BCUT2D eigenvalue weighted by atomic mass is 19.1. The highest BCUT2D eigenvalue weighted by Crippen LogP contribution is 2.25. The lowest BCUT2D eigenvalue weighted by Crippen LogP contribution is -2.21. The monoisotopic (exact) mass is 287 g/mol. The lowest BCUT2D eigenvalue weighted by atomic mass is 10.1. The van der Waals surface area contributed by atoms with Crippen LogP contribution in [0.15, 0.2) is 42.5 Å². The van der Waals surface area contributed by atoms with Crippen LogP contribution in [0.5, 0.6) is 11.5 Å². The van der Waals surface area contributed by atoms with Gasteiger partial charge in [-0.2, -0.15) is 0 Å². The first-order chi connectivity index (χ1) is 10.0. The quantitative estimate of drug-likeness (QED) is 0.854. The van der Waals surface area contributed by atoms with Gasteiger partial charge in [-0.15, -0.1) is 0 Å². The van der Waals surface area contributed by atoms with Crippen LogP contribution in [0.25, 0.3) is 0 Å². The minimum absolute atomic E-state index is 0.106. The van der Waals surface area contributed by atoms with Gasteiger partial charge in [0.1, 0.15) is 5.75 Å². The number of amides is 1. The van der Waals surface area contributed by atoms with Crippen LogP contribution in [0.4, 0.5) is 4.39 Å². The number of rotatable bonds is 4. The molecule has 0 fully saturated rings. The molecule has 0 N–H and O–H groups in total. The molecule has 0 unspecified atom stereocenters. The van der Waals surface area contributed by atoms with Crippen molar-refractivity contribution < 1.29 is 13.9 Å². The summed E-state index contributed by atoms with van der Waals surface area (Å²) in [6, 6.07) is 11.7. The van der Waals surface area contributed by atoms with Crippen LogP contribution in [0, 0.1) is 5.82 Å². The molecule has 0 aromatic heterocycles. The fourth-order valence-electron chi connectivity index (χ4n) is 1.90. The molecule has 0 saturated carbocycles. The maximum absolute atomic E-state index is 14.0. The zero-order chi connectivity index (χ0) is 15.4. The predicted molar refractivity (Wildman–Crippen MR) is 80.3 cm³/mol. The summed E-state index contributed by atoms with van der Waals surface area (Å²) in [7, 11) is 3.25. The van der Waals surface area contributed by atoms with Gasteiger partial charge in [0, 0.05) is 19.7 Å². The molecule has 21 heavy (non-hydrogen) atoms. The summed E-state index contributed by atoms with van der Waals surface area (Å²) in [5.41, 5.74) is 1.49. The molecular weight excluding hydrogens is 269 g/mol. The molecule has 0 heterocycles. The van der Waals surface area contributed by atoms with Crippen LogP contribution in [0.2, 0.25) is 0 Å². The minimum Gasteiger partial charge on any atom is -0.454 e. The Morgan fingerprint density at radius 1 is 1.14 bits per heavy atom. The molecular formula is C17H18FNO2. The Kier molecular flexibility index (Phi) is 4.58. The van der Waals surface area contributed by atoms with E-state index in [2.05, 4.69) is 6.92 Å². The summed E-state index contributed by atoms with van der Waals surface area (Å²) < 4.78 is 19.5. The molecule has 0 spiro atoms. The highest BCUT2D eigenvalue weighted by Gasteiger charge is 2.12. The molecule has 2 aromatic carbocycles. The number of hydrogen-bond donors (Lipinski definition) is 0. The van der Waals surface area contributed by atoms with Crippen LogP contribution in [-0.4, -0.2) is 24.9 Å². The Morgan fingerprint density at radius 2 is 1.81 bits per heavy atom. The van der Waals surface area contributed by atoms with Gasteiger partial charge in [0.15, 0.2) is 11.6 Å². The summed E-state index contributed by atoms with van der Waals surface area (Å²) in [5, 5.41) is 0. The molecule has 2 aromatic rings. The van der Waals surface area contributed by atoms with Crippen molar-refractivity contribution in [2.75, 3.05) is 14.1 Å². The normalized spacial score (nSPS) is 10.3. The average Bonchev–Trinajstić information content (AvgIpc) is 2.49. The van der Waals surface area contributed by atoms with E-state index >= 15 is 0 Å². The van der Waals surface area contributed by atoms with Gasteiger partial charge in [0.2, 0.25) is 0 Å². The molecule has 0 saturated heterocycles. The summed E-state index contributed by atoms with van der Waals surface area (Å²) in [4.78, 5) is 13.2. The Labute approximate surface area is 124 Å². The Bertz CT molecular complexity index is 636. The molecule has 2 rings (SSSR count). The smallest absolute Gasteiger partial charge is 0.253 e. The third-order valence-corrected chi connectivity index (χ3v) is 3.14. The standard InChI is InChI=1S/C17H18FNO2/c1-4-12-5-8-14(9-6-12)21-16-10-7-13(11-15(16)18)17(20)19(2)3/h5-11H,4H2,1-3H3.